The molecule has 3 N–H and O–H groups in total. The number of methoxy groups -OCH3 is 1. The van der Waals surface area contributed by atoms with Crippen LogP contribution in [0, 0.1) is 11.8 Å². The molecule has 0 amide bonds. The summed E-state index contributed by atoms with van der Waals surface area (Å²) in [6.07, 6.45) is 3.43. The zero-order chi connectivity index (χ0) is 24.5. The lowest BCUT2D eigenvalue weighted by molar-refractivity contribution is -0.138. The highest BCUT2D eigenvalue weighted by Crippen LogP contribution is 2.36. The number of benzene rings is 2. The van der Waals surface area contributed by atoms with E-state index in [1.165, 1.54) is 0 Å². The molecule has 0 saturated heterocycles. The summed E-state index contributed by atoms with van der Waals surface area (Å²) in [7, 11) is 1.56. The first-order valence-corrected chi connectivity index (χ1v) is 10.9. The van der Waals surface area contributed by atoms with Crippen molar-refractivity contribution in [2.75, 3.05) is 13.7 Å². The molecule has 1 aromatic heterocycles. The summed E-state index contributed by atoms with van der Waals surface area (Å²) in [6, 6.07) is 11.1. The fraction of sp³-hybridized carbons (Fsp3) is 0.200. The van der Waals surface area contributed by atoms with E-state index in [9.17, 15) is 4.79 Å². The topological polar surface area (TPSA) is 104 Å². The minimum Gasteiger partial charge on any atom is -0.497 e. The second kappa shape index (κ2) is 12.1. The molecule has 0 spiro atoms. The first-order chi connectivity index (χ1) is 16.4. The maximum absolute atomic E-state index is 11.0. The van der Waals surface area contributed by atoms with Crippen molar-refractivity contribution in [1.82, 2.24) is 4.98 Å². The summed E-state index contributed by atoms with van der Waals surface area (Å²) in [5.41, 5.74) is 7.73. The summed E-state index contributed by atoms with van der Waals surface area (Å²) in [6.45, 7) is 0.263. The number of hydrogen-bond donors (Lipinski definition) is 2. The molecule has 1 atom stereocenters. The molecule has 0 saturated carbocycles. The van der Waals surface area contributed by atoms with Gasteiger partial charge in [0.15, 0.2) is 5.75 Å². The standard InChI is InChI=1S/C25H22Cl2N2O5/c1-32-19-4-5-23(33-10-2-3-16-6-8-29-9-7-16)18(14-19)15-34-24-20(26)11-17(12-21(24)27)13-22(28)25(30)31/h4-9,11-12,14,22H,10,13,15,28H2,1H3,(H,30,31). The summed E-state index contributed by atoms with van der Waals surface area (Å²) >= 11 is 12.7. The molecular weight excluding hydrogens is 479 g/mol. The molecule has 2 aromatic carbocycles. The van der Waals surface area contributed by atoms with Crippen molar-refractivity contribution in [3.8, 4) is 29.1 Å². The van der Waals surface area contributed by atoms with Crippen molar-refractivity contribution in [3.63, 3.8) is 0 Å². The van der Waals surface area contributed by atoms with E-state index < -0.39 is 12.0 Å². The van der Waals surface area contributed by atoms with Crippen molar-refractivity contribution in [1.29, 1.82) is 0 Å². The zero-order valence-corrected chi connectivity index (χ0v) is 19.8. The Morgan fingerprint density at radius 1 is 1.12 bits per heavy atom. The van der Waals surface area contributed by atoms with E-state index in [4.69, 9.17) is 48.3 Å². The van der Waals surface area contributed by atoms with Gasteiger partial charge in [-0.3, -0.25) is 9.78 Å². The van der Waals surface area contributed by atoms with Gasteiger partial charge < -0.3 is 25.1 Å². The van der Waals surface area contributed by atoms with Crippen molar-refractivity contribution < 1.29 is 24.1 Å². The Labute approximate surface area is 207 Å². The van der Waals surface area contributed by atoms with Crippen LogP contribution >= 0.6 is 23.2 Å². The SMILES string of the molecule is COc1ccc(OCC#Cc2ccncc2)c(COc2c(Cl)cc(CC(N)C(=O)O)cc2Cl)c1. The smallest absolute Gasteiger partial charge is 0.320 e. The lowest BCUT2D eigenvalue weighted by Crippen LogP contribution is -2.32. The number of halogens is 2. The highest BCUT2D eigenvalue weighted by atomic mass is 35.5. The number of aromatic nitrogens is 1. The van der Waals surface area contributed by atoms with Gasteiger partial charge >= 0.3 is 5.97 Å². The van der Waals surface area contributed by atoms with E-state index in [-0.39, 0.29) is 35.4 Å². The molecule has 0 fully saturated rings. The number of pyridine rings is 1. The van der Waals surface area contributed by atoms with Crippen molar-refractivity contribution in [3.05, 3.63) is 81.6 Å². The first kappa shape index (κ1) is 25.2. The van der Waals surface area contributed by atoms with Crippen molar-refractivity contribution in [2.45, 2.75) is 19.1 Å². The maximum atomic E-state index is 11.0. The van der Waals surface area contributed by atoms with E-state index in [1.807, 2.05) is 12.1 Å². The normalized spacial score (nSPS) is 11.2. The van der Waals surface area contributed by atoms with E-state index in [1.54, 1.807) is 49.8 Å². The highest BCUT2D eigenvalue weighted by molar-refractivity contribution is 6.37. The second-order valence-corrected chi connectivity index (χ2v) is 7.94. The molecule has 34 heavy (non-hydrogen) atoms. The van der Waals surface area contributed by atoms with Crippen LogP contribution in [0.5, 0.6) is 17.2 Å². The number of ether oxygens (including phenoxy) is 3. The Hall–Kier alpha value is -3.44. The Morgan fingerprint density at radius 3 is 2.47 bits per heavy atom. The van der Waals surface area contributed by atoms with E-state index in [2.05, 4.69) is 16.8 Å². The lowest BCUT2D eigenvalue weighted by atomic mass is 10.1. The maximum Gasteiger partial charge on any atom is 0.320 e. The molecular formula is C25H22Cl2N2O5. The molecule has 0 aliphatic rings. The molecule has 0 aliphatic carbocycles. The third-order valence-corrected chi connectivity index (χ3v) is 5.24. The number of carbonyl (C=O) groups is 1. The van der Waals surface area contributed by atoms with Crippen LogP contribution in [0.25, 0.3) is 0 Å². The van der Waals surface area contributed by atoms with Gasteiger partial charge in [-0.15, -0.1) is 0 Å². The van der Waals surface area contributed by atoms with Gasteiger partial charge in [-0.1, -0.05) is 35.0 Å². The van der Waals surface area contributed by atoms with E-state index in [0.717, 1.165) is 5.56 Å². The molecule has 1 heterocycles. The number of rotatable bonds is 9. The monoisotopic (exact) mass is 500 g/mol. The van der Waals surface area contributed by atoms with Crippen LogP contribution in [0.3, 0.4) is 0 Å². The molecule has 3 aromatic rings. The third kappa shape index (κ3) is 7.03. The van der Waals surface area contributed by atoms with E-state index >= 15 is 0 Å². The van der Waals surface area contributed by atoms with Crippen LogP contribution in [0.2, 0.25) is 10.0 Å². The number of carboxylic acid groups (broad SMARTS) is 1. The second-order valence-electron chi connectivity index (χ2n) is 7.13. The van der Waals surface area contributed by atoms with Crippen LogP contribution in [0.1, 0.15) is 16.7 Å². The van der Waals surface area contributed by atoms with Gasteiger partial charge in [-0.05, 0) is 54.4 Å². The summed E-state index contributed by atoms with van der Waals surface area (Å²) in [4.78, 5) is 15.0. The Morgan fingerprint density at radius 2 is 1.82 bits per heavy atom. The molecule has 1 unspecified atom stereocenters. The lowest BCUT2D eigenvalue weighted by Gasteiger charge is -2.15. The highest BCUT2D eigenvalue weighted by Gasteiger charge is 2.16. The summed E-state index contributed by atoms with van der Waals surface area (Å²) < 4.78 is 17.0. The van der Waals surface area contributed by atoms with Gasteiger partial charge in [0.1, 0.15) is 30.8 Å². The average Bonchev–Trinajstić information content (AvgIpc) is 2.82. The number of aliphatic carboxylic acids is 1. The fourth-order valence-electron chi connectivity index (χ4n) is 2.98. The van der Waals surface area contributed by atoms with Gasteiger partial charge in [0.25, 0.3) is 0 Å². The van der Waals surface area contributed by atoms with E-state index in [0.29, 0.717) is 22.6 Å². The van der Waals surface area contributed by atoms with Gasteiger partial charge in [-0.2, -0.15) is 0 Å². The molecule has 0 bridgehead atoms. The van der Waals surface area contributed by atoms with Crippen LogP contribution < -0.4 is 19.9 Å². The minimum absolute atomic E-state index is 0.0868. The molecule has 3 rings (SSSR count). The van der Waals surface area contributed by atoms with Gasteiger partial charge in [0.2, 0.25) is 0 Å². The summed E-state index contributed by atoms with van der Waals surface area (Å²) in [5, 5.41) is 9.49. The average molecular weight is 501 g/mol. The third-order valence-electron chi connectivity index (χ3n) is 4.68. The first-order valence-electron chi connectivity index (χ1n) is 10.1. The Balaban J connectivity index is 1.72. The number of carboxylic acids is 1. The van der Waals surface area contributed by atoms with Crippen LogP contribution in [0.4, 0.5) is 0 Å². The van der Waals surface area contributed by atoms with Gasteiger partial charge in [-0.25, -0.2) is 0 Å². The van der Waals surface area contributed by atoms with Gasteiger partial charge in [0, 0.05) is 23.5 Å². The molecule has 9 heteroatoms. The minimum atomic E-state index is -1.11. The van der Waals surface area contributed by atoms with Crippen molar-refractivity contribution in [2.24, 2.45) is 5.73 Å². The molecule has 176 valence electrons. The zero-order valence-electron chi connectivity index (χ0n) is 18.3. The molecule has 7 nitrogen and oxygen atoms in total. The number of nitrogens with zero attached hydrogens (tertiary/aromatic N) is 1. The van der Waals surface area contributed by atoms with Crippen LogP contribution in [-0.2, 0) is 17.8 Å². The number of nitrogens with two attached hydrogens (primary N) is 1. The van der Waals surface area contributed by atoms with Crippen LogP contribution in [-0.4, -0.2) is 35.8 Å². The fourth-order valence-corrected chi connectivity index (χ4v) is 3.62. The predicted molar refractivity (Wildman–Crippen MR) is 130 cm³/mol. The van der Waals surface area contributed by atoms with Gasteiger partial charge in [0.05, 0.1) is 17.2 Å². The quantitative estimate of drug-likeness (QED) is 0.420. The molecule has 0 aliphatic heterocycles. The Kier molecular flexibility index (Phi) is 9.00. The summed E-state index contributed by atoms with van der Waals surface area (Å²) in [5.74, 6) is 6.32. The molecule has 0 radical (unpaired) electrons. The number of hydrogen-bond acceptors (Lipinski definition) is 6. The predicted octanol–water partition coefficient (Wildman–Crippen LogP) is 4.36. The van der Waals surface area contributed by atoms with Crippen LogP contribution in [0.15, 0.2) is 54.9 Å². The van der Waals surface area contributed by atoms with Crippen molar-refractivity contribution >= 4 is 29.2 Å². The largest absolute Gasteiger partial charge is 0.497 e. The Bertz CT molecular complexity index is 1190.